The van der Waals surface area contributed by atoms with E-state index in [0.717, 1.165) is 24.0 Å². The molecule has 3 rings (SSSR count). The SMILES string of the molecule is Cc1cnc2c(Cl)c(C(=O)NCCCc3ccc(F)cc3)nn2c1. The van der Waals surface area contributed by atoms with Crippen LogP contribution in [0.15, 0.2) is 36.7 Å². The third kappa shape index (κ3) is 3.54. The van der Waals surface area contributed by atoms with Crippen LogP contribution in [0, 0.1) is 12.7 Å². The molecule has 0 fully saturated rings. The number of carbonyl (C=O) groups excluding carboxylic acids is 1. The molecule has 3 aromatic rings. The van der Waals surface area contributed by atoms with Gasteiger partial charge in [-0.15, -0.1) is 0 Å². The van der Waals surface area contributed by atoms with Gasteiger partial charge in [0.25, 0.3) is 5.91 Å². The van der Waals surface area contributed by atoms with Crippen LogP contribution in [0.4, 0.5) is 4.39 Å². The zero-order valence-corrected chi connectivity index (χ0v) is 13.8. The van der Waals surface area contributed by atoms with Gasteiger partial charge in [0, 0.05) is 18.9 Å². The first-order valence-corrected chi connectivity index (χ1v) is 7.95. The lowest BCUT2D eigenvalue weighted by Gasteiger charge is -2.04. The van der Waals surface area contributed by atoms with Gasteiger partial charge in [0.05, 0.1) is 0 Å². The Morgan fingerprint density at radius 3 is 2.83 bits per heavy atom. The van der Waals surface area contributed by atoms with Crippen molar-refractivity contribution in [3.63, 3.8) is 0 Å². The Kier molecular flexibility index (Phi) is 4.76. The molecular formula is C17H16ClFN4O. The van der Waals surface area contributed by atoms with Gasteiger partial charge in [-0.05, 0) is 43.0 Å². The number of benzene rings is 1. The number of fused-ring (bicyclic) bond motifs is 1. The van der Waals surface area contributed by atoms with Gasteiger partial charge in [-0.2, -0.15) is 5.10 Å². The molecule has 1 N–H and O–H groups in total. The van der Waals surface area contributed by atoms with Crippen molar-refractivity contribution in [3.05, 3.63) is 64.3 Å². The predicted molar refractivity (Wildman–Crippen MR) is 89.8 cm³/mol. The number of aryl methyl sites for hydroxylation is 2. The number of nitrogens with one attached hydrogen (secondary N) is 1. The van der Waals surface area contributed by atoms with E-state index in [0.29, 0.717) is 12.2 Å². The molecule has 0 atom stereocenters. The zero-order valence-electron chi connectivity index (χ0n) is 13.1. The number of hydrogen-bond donors (Lipinski definition) is 1. The standard InChI is InChI=1S/C17H16ClFN4O/c1-11-9-21-16-14(18)15(22-23(16)10-11)17(24)20-8-2-3-12-4-6-13(19)7-5-12/h4-7,9-10H,2-3,8H2,1H3,(H,20,24). The molecule has 124 valence electrons. The molecule has 0 aliphatic rings. The Morgan fingerprint density at radius 2 is 2.08 bits per heavy atom. The summed E-state index contributed by atoms with van der Waals surface area (Å²) in [6.07, 6.45) is 4.92. The second-order valence-corrected chi connectivity index (χ2v) is 5.93. The first kappa shape index (κ1) is 16.4. The van der Waals surface area contributed by atoms with Gasteiger partial charge in [0.1, 0.15) is 10.8 Å². The van der Waals surface area contributed by atoms with E-state index in [1.807, 2.05) is 6.92 Å². The van der Waals surface area contributed by atoms with Gasteiger partial charge < -0.3 is 5.32 Å². The highest BCUT2D eigenvalue weighted by molar-refractivity contribution is 6.36. The zero-order chi connectivity index (χ0) is 17.1. The Labute approximate surface area is 143 Å². The molecule has 0 bridgehead atoms. The minimum absolute atomic E-state index is 0.163. The molecule has 7 heteroatoms. The summed E-state index contributed by atoms with van der Waals surface area (Å²) in [5, 5.41) is 7.23. The number of aromatic nitrogens is 3. The van der Waals surface area contributed by atoms with Crippen molar-refractivity contribution >= 4 is 23.2 Å². The van der Waals surface area contributed by atoms with Gasteiger partial charge in [-0.25, -0.2) is 13.9 Å². The van der Waals surface area contributed by atoms with E-state index in [2.05, 4.69) is 15.4 Å². The fourth-order valence-corrected chi connectivity index (χ4v) is 2.63. The molecule has 1 amide bonds. The third-order valence-electron chi connectivity index (χ3n) is 3.60. The first-order chi connectivity index (χ1) is 11.5. The van der Waals surface area contributed by atoms with Crippen LogP contribution < -0.4 is 5.32 Å². The molecule has 0 unspecified atom stereocenters. The van der Waals surface area contributed by atoms with Gasteiger partial charge in [-0.1, -0.05) is 23.7 Å². The summed E-state index contributed by atoms with van der Waals surface area (Å²) >= 11 is 6.19. The van der Waals surface area contributed by atoms with E-state index in [1.165, 1.54) is 16.6 Å². The van der Waals surface area contributed by atoms with Crippen LogP contribution in [-0.2, 0) is 6.42 Å². The maximum absolute atomic E-state index is 12.8. The Bertz CT molecular complexity index is 876. The molecule has 0 saturated heterocycles. The van der Waals surface area contributed by atoms with Crippen LogP contribution in [0.5, 0.6) is 0 Å². The lowest BCUT2D eigenvalue weighted by molar-refractivity contribution is 0.0948. The molecule has 0 aliphatic carbocycles. The molecule has 1 aromatic carbocycles. The van der Waals surface area contributed by atoms with Crippen LogP contribution in [-0.4, -0.2) is 27.0 Å². The molecule has 0 spiro atoms. The Morgan fingerprint density at radius 1 is 1.33 bits per heavy atom. The van der Waals surface area contributed by atoms with Gasteiger partial charge in [0.15, 0.2) is 11.3 Å². The molecule has 2 aromatic heterocycles. The summed E-state index contributed by atoms with van der Waals surface area (Å²) in [6.45, 7) is 2.37. The van der Waals surface area contributed by atoms with E-state index in [-0.39, 0.29) is 22.4 Å². The number of amides is 1. The number of nitrogens with zero attached hydrogens (tertiary/aromatic N) is 3. The van der Waals surface area contributed by atoms with Gasteiger partial charge in [-0.3, -0.25) is 4.79 Å². The van der Waals surface area contributed by atoms with E-state index in [4.69, 9.17) is 11.6 Å². The number of carbonyl (C=O) groups is 1. The molecule has 0 radical (unpaired) electrons. The minimum atomic E-state index is -0.331. The molecule has 0 saturated carbocycles. The lowest BCUT2D eigenvalue weighted by Crippen LogP contribution is -2.25. The summed E-state index contributed by atoms with van der Waals surface area (Å²) in [7, 11) is 0. The fourth-order valence-electron chi connectivity index (χ4n) is 2.37. The van der Waals surface area contributed by atoms with E-state index >= 15 is 0 Å². The highest BCUT2D eigenvalue weighted by Gasteiger charge is 2.18. The van der Waals surface area contributed by atoms with Crippen LogP contribution in [0.3, 0.4) is 0 Å². The Hall–Kier alpha value is -2.47. The summed E-state index contributed by atoms with van der Waals surface area (Å²) < 4.78 is 14.3. The van der Waals surface area contributed by atoms with Crippen LogP contribution in [0.1, 0.15) is 28.0 Å². The first-order valence-electron chi connectivity index (χ1n) is 7.58. The van der Waals surface area contributed by atoms with Crippen LogP contribution in [0.25, 0.3) is 5.65 Å². The van der Waals surface area contributed by atoms with Gasteiger partial charge in [0.2, 0.25) is 0 Å². The quantitative estimate of drug-likeness (QED) is 0.722. The number of rotatable bonds is 5. The molecule has 0 aliphatic heterocycles. The smallest absolute Gasteiger partial charge is 0.273 e. The molecular weight excluding hydrogens is 331 g/mol. The average Bonchev–Trinajstić information content (AvgIpc) is 2.89. The monoisotopic (exact) mass is 346 g/mol. The highest BCUT2D eigenvalue weighted by Crippen LogP contribution is 2.20. The summed E-state index contributed by atoms with van der Waals surface area (Å²) in [5.74, 6) is -0.584. The van der Waals surface area contributed by atoms with Crippen molar-refractivity contribution in [2.24, 2.45) is 0 Å². The molecule has 2 heterocycles. The van der Waals surface area contributed by atoms with Crippen LogP contribution in [0.2, 0.25) is 5.02 Å². The van der Waals surface area contributed by atoms with Crippen molar-refractivity contribution < 1.29 is 9.18 Å². The number of hydrogen-bond acceptors (Lipinski definition) is 3. The van der Waals surface area contributed by atoms with Crippen molar-refractivity contribution in [3.8, 4) is 0 Å². The largest absolute Gasteiger partial charge is 0.351 e. The molecule has 5 nitrogen and oxygen atoms in total. The van der Waals surface area contributed by atoms with Crippen molar-refractivity contribution in [1.29, 1.82) is 0 Å². The third-order valence-corrected chi connectivity index (χ3v) is 3.95. The summed E-state index contributed by atoms with van der Waals surface area (Å²) in [5.41, 5.74) is 2.57. The van der Waals surface area contributed by atoms with E-state index in [1.54, 1.807) is 24.5 Å². The van der Waals surface area contributed by atoms with E-state index in [9.17, 15) is 9.18 Å². The highest BCUT2D eigenvalue weighted by atomic mass is 35.5. The maximum atomic E-state index is 12.8. The lowest BCUT2D eigenvalue weighted by atomic mass is 10.1. The van der Waals surface area contributed by atoms with Crippen LogP contribution >= 0.6 is 11.6 Å². The normalized spacial score (nSPS) is 11.0. The minimum Gasteiger partial charge on any atom is -0.351 e. The summed E-state index contributed by atoms with van der Waals surface area (Å²) in [6, 6.07) is 6.34. The Balaban J connectivity index is 1.59. The second-order valence-electron chi connectivity index (χ2n) is 5.55. The molecule has 24 heavy (non-hydrogen) atoms. The average molecular weight is 347 g/mol. The second kappa shape index (κ2) is 6.97. The van der Waals surface area contributed by atoms with Crippen molar-refractivity contribution in [2.75, 3.05) is 6.54 Å². The van der Waals surface area contributed by atoms with Gasteiger partial charge >= 0.3 is 0 Å². The predicted octanol–water partition coefficient (Wildman–Crippen LogP) is 3.19. The van der Waals surface area contributed by atoms with Crippen molar-refractivity contribution in [1.82, 2.24) is 19.9 Å². The summed E-state index contributed by atoms with van der Waals surface area (Å²) in [4.78, 5) is 16.4. The fraction of sp³-hybridized carbons (Fsp3) is 0.235. The van der Waals surface area contributed by atoms with Crippen molar-refractivity contribution in [2.45, 2.75) is 19.8 Å². The number of halogens is 2. The topological polar surface area (TPSA) is 59.3 Å². The van der Waals surface area contributed by atoms with E-state index < -0.39 is 0 Å². The maximum Gasteiger partial charge on any atom is 0.273 e.